The van der Waals surface area contributed by atoms with Gasteiger partial charge in [-0.05, 0) is 49.2 Å². The second-order valence-corrected chi connectivity index (χ2v) is 8.37. The van der Waals surface area contributed by atoms with Crippen LogP contribution in [0.2, 0.25) is 0 Å². The van der Waals surface area contributed by atoms with Crippen molar-refractivity contribution < 1.29 is 19.1 Å². The van der Waals surface area contributed by atoms with Crippen molar-refractivity contribution in [3.8, 4) is 5.69 Å². The fourth-order valence-corrected chi connectivity index (χ4v) is 4.66. The van der Waals surface area contributed by atoms with Crippen molar-refractivity contribution in [2.75, 3.05) is 39.5 Å². The third-order valence-electron chi connectivity index (χ3n) is 6.42. The van der Waals surface area contributed by atoms with Gasteiger partial charge in [0.2, 0.25) is 0 Å². The van der Waals surface area contributed by atoms with Gasteiger partial charge in [-0.15, -0.1) is 0 Å². The number of morpholine rings is 1. The molecule has 0 radical (unpaired) electrons. The number of nitrogens with zero attached hydrogens (tertiary/aromatic N) is 2. The Morgan fingerprint density at radius 3 is 2.35 bits per heavy atom. The Morgan fingerprint density at radius 2 is 1.68 bits per heavy atom. The summed E-state index contributed by atoms with van der Waals surface area (Å²) in [4.78, 5) is 27.2. The minimum Gasteiger partial charge on any atom is -0.452 e. The third-order valence-corrected chi connectivity index (χ3v) is 6.42. The molecule has 2 aliphatic rings. The van der Waals surface area contributed by atoms with Crippen molar-refractivity contribution in [3.05, 3.63) is 54.4 Å². The highest BCUT2D eigenvalue weighted by Gasteiger charge is 2.38. The highest BCUT2D eigenvalue weighted by Crippen LogP contribution is 2.33. The smallest absolute Gasteiger partial charge is 0.338 e. The minimum atomic E-state index is -0.491. The molecule has 2 aromatic rings. The van der Waals surface area contributed by atoms with Crippen molar-refractivity contribution in [1.29, 1.82) is 0 Å². The number of benzene rings is 1. The van der Waals surface area contributed by atoms with Crippen LogP contribution in [0.5, 0.6) is 0 Å². The topological polar surface area (TPSA) is 72.8 Å². The standard InChI is InChI=1S/C24H31N3O4/c28-22(25-19-24(10-2-1-3-11-24)27-14-16-30-17-15-27)18-31-23(29)20-6-8-21(9-7-20)26-12-4-5-13-26/h4-9,12-13H,1-3,10-11,14-19H2,(H,25,28). The number of carbonyl (C=O) groups is 2. The van der Waals surface area contributed by atoms with Gasteiger partial charge in [-0.1, -0.05) is 19.3 Å². The zero-order chi connectivity index (χ0) is 21.5. The van der Waals surface area contributed by atoms with Crippen LogP contribution in [-0.2, 0) is 14.3 Å². The van der Waals surface area contributed by atoms with E-state index in [0.29, 0.717) is 12.1 Å². The molecule has 1 aliphatic heterocycles. The molecule has 2 heterocycles. The van der Waals surface area contributed by atoms with Crippen LogP contribution in [0.4, 0.5) is 0 Å². The molecule has 31 heavy (non-hydrogen) atoms. The number of rotatable bonds is 7. The number of carbonyl (C=O) groups excluding carboxylic acids is 2. The van der Waals surface area contributed by atoms with E-state index in [4.69, 9.17) is 9.47 Å². The molecule has 1 aromatic carbocycles. The molecule has 1 amide bonds. The number of amides is 1. The van der Waals surface area contributed by atoms with E-state index in [-0.39, 0.29) is 18.1 Å². The summed E-state index contributed by atoms with van der Waals surface area (Å²) in [7, 11) is 0. The molecule has 0 bridgehead atoms. The van der Waals surface area contributed by atoms with E-state index >= 15 is 0 Å². The summed E-state index contributed by atoms with van der Waals surface area (Å²) in [6.45, 7) is 3.63. The Balaban J connectivity index is 1.27. The first-order chi connectivity index (χ1) is 15.2. The first kappa shape index (κ1) is 21.6. The predicted octanol–water partition coefficient (Wildman–Crippen LogP) is 2.79. The van der Waals surface area contributed by atoms with E-state index in [1.807, 2.05) is 41.2 Å². The SMILES string of the molecule is O=C(COC(=O)c1ccc(-n2cccc2)cc1)NCC1(N2CCOCC2)CCCCC1. The lowest BCUT2D eigenvalue weighted by Gasteiger charge is -2.48. The van der Waals surface area contributed by atoms with Crippen LogP contribution in [0, 0.1) is 0 Å². The van der Waals surface area contributed by atoms with Crippen molar-refractivity contribution in [1.82, 2.24) is 14.8 Å². The Kier molecular flexibility index (Phi) is 7.04. The van der Waals surface area contributed by atoms with Gasteiger partial charge in [0.1, 0.15) is 0 Å². The molecule has 0 spiro atoms. The average molecular weight is 426 g/mol. The van der Waals surface area contributed by atoms with Crippen LogP contribution in [0.25, 0.3) is 5.69 Å². The molecule has 1 N–H and O–H groups in total. The monoisotopic (exact) mass is 425 g/mol. The van der Waals surface area contributed by atoms with E-state index in [0.717, 1.165) is 44.8 Å². The summed E-state index contributed by atoms with van der Waals surface area (Å²) >= 11 is 0. The molecule has 1 saturated carbocycles. The number of nitrogens with one attached hydrogen (secondary N) is 1. The maximum Gasteiger partial charge on any atom is 0.338 e. The first-order valence-electron chi connectivity index (χ1n) is 11.2. The van der Waals surface area contributed by atoms with Gasteiger partial charge in [0, 0.05) is 43.3 Å². The van der Waals surface area contributed by atoms with Gasteiger partial charge >= 0.3 is 5.97 Å². The zero-order valence-electron chi connectivity index (χ0n) is 17.9. The van der Waals surface area contributed by atoms with Crippen LogP contribution >= 0.6 is 0 Å². The summed E-state index contributed by atoms with van der Waals surface area (Å²) < 4.78 is 12.7. The van der Waals surface area contributed by atoms with Gasteiger partial charge in [0.05, 0.1) is 18.8 Å². The number of hydrogen-bond donors (Lipinski definition) is 1. The molecular weight excluding hydrogens is 394 g/mol. The Hall–Kier alpha value is -2.64. The van der Waals surface area contributed by atoms with Crippen LogP contribution in [0.1, 0.15) is 42.5 Å². The normalized spacial score (nSPS) is 19.0. The predicted molar refractivity (Wildman–Crippen MR) is 117 cm³/mol. The van der Waals surface area contributed by atoms with E-state index in [1.54, 1.807) is 12.1 Å². The molecule has 1 aromatic heterocycles. The van der Waals surface area contributed by atoms with Crippen molar-refractivity contribution >= 4 is 11.9 Å². The largest absolute Gasteiger partial charge is 0.452 e. The second kappa shape index (κ2) is 10.1. The first-order valence-corrected chi connectivity index (χ1v) is 11.2. The van der Waals surface area contributed by atoms with Gasteiger partial charge in [-0.3, -0.25) is 9.69 Å². The van der Waals surface area contributed by atoms with Crippen molar-refractivity contribution in [2.24, 2.45) is 0 Å². The molecule has 7 nitrogen and oxygen atoms in total. The van der Waals surface area contributed by atoms with E-state index in [1.165, 1.54) is 19.3 Å². The summed E-state index contributed by atoms with van der Waals surface area (Å²) in [5, 5.41) is 3.02. The number of aromatic nitrogens is 1. The van der Waals surface area contributed by atoms with Gasteiger partial charge in [-0.2, -0.15) is 0 Å². The highest BCUT2D eigenvalue weighted by molar-refractivity contribution is 5.91. The van der Waals surface area contributed by atoms with Crippen molar-refractivity contribution in [2.45, 2.75) is 37.6 Å². The third kappa shape index (κ3) is 5.35. The van der Waals surface area contributed by atoms with Crippen LogP contribution in [0.3, 0.4) is 0 Å². The summed E-state index contributed by atoms with van der Waals surface area (Å²) in [5.74, 6) is -0.745. The van der Waals surface area contributed by atoms with Crippen LogP contribution in [0.15, 0.2) is 48.8 Å². The molecule has 1 aliphatic carbocycles. The molecule has 0 unspecified atom stereocenters. The second-order valence-electron chi connectivity index (χ2n) is 8.37. The number of ether oxygens (including phenoxy) is 2. The summed E-state index contributed by atoms with van der Waals surface area (Å²) in [6, 6.07) is 11.0. The van der Waals surface area contributed by atoms with Gasteiger partial charge in [0.15, 0.2) is 6.61 Å². The number of hydrogen-bond acceptors (Lipinski definition) is 5. The van der Waals surface area contributed by atoms with Gasteiger partial charge in [0.25, 0.3) is 5.91 Å². The quantitative estimate of drug-likeness (QED) is 0.691. The van der Waals surface area contributed by atoms with Gasteiger partial charge in [-0.25, -0.2) is 4.79 Å². The zero-order valence-corrected chi connectivity index (χ0v) is 17.9. The van der Waals surface area contributed by atoms with Crippen LogP contribution < -0.4 is 5.32 Å². The molecular formula is C24H31N3O4. The summed E-state index contributed by atoms with van der Waals surface area (Å²) in [5.41, 5.74) is 1.39. The Bertz CT molecular complexity index is 851. The van der Waals surface area contributed by atoms with Gasteiger partial charge < -0.3 is 19.4 Å². The van der Waals surface area contributed by atoms with Crippen molar-refractivity contribution in [3.63, 3.8) is 0 Å². The number of esters is 1. The van der Waals surface area contributed by atoms with E-state index < -0.39 is 5.97 Å². The van der Waals surface area contributed by atoms with E-state index in [9.17, 15) is 9.59 Å². The molecule has 0 atom stereocenters. The lowest BCUT2D eigenvalue weighted by Crippen LogP contribution is -2.59. The Labute approximate surface area is 183 Å². The molecule has 2 fully saturated rings. The van der Waals surface area contributed by atoms with E-state index in [2.05, 4.69) is 10.2 Å². The maximum absolute atomic E-state index is 12.4. The van der Waals surface area contributed by atoms with Crippen LogP contribution in [-0.4, -0.2) is 66.3 Å². The Morgan fingerprint density at radius 1 is 1.00 bits per heavy atom. The lowest BCUT2D eigenvalue weighted by atomic mass is 9.79. The fraction of sp³-hybridized carbons (Fsp3) is 0.500. The maximum atomic E-state index is 12.4. The molecule has 1 saturated heterocycles. The molecule has 7 heteroatoms. The highest BCUT2D eigenvalue weighted by atomic mass is 16.5. The summed E-state index contributed by atoms with van der Waals surface area (Å²) in [6.07, 6.45) is 9.66. The fourth-order valence-electron chi connectivity index (χ4n) is 4.66. The molecule has 166 valence electrons. The lowest BCUT2D eigenvalue weighted by molar-refractivity contribution is -0.125. The molecule has 4 rings (SSSR count). The average Bonchev–Trinajstić information content (AvgIpc) is 3.37. The minimum absolute atomic E-state index is 0.00397.